The first-order chi connectivity index (χ1) is 17.1. The highest BCUT2D eigenvalue weighted by atomic mass is 16.5. The minimum Gasteiger partial charge on any atom is -0.497 e. The molecule has 3 aromatic rings. The van der Waals surface area contributed by atoms with E-state index in [1.54, 1.807) is 7.11 Å². The first-order valence-electron chi connectivity index (χ1n) is 11.1. The number of hydrogen-bond acceptors (Lipinski definition) is 9. The van der Waals surface area contributed by atoms with Crippen LogP contribution in [0.25, 0.3) is 0 Å². The predicted molar refractivity (Wildman–Crippen MR) is 128 cm³/mol. The molecule has 11 nitrogen and oxygen atoms in total. The lowest BCUT2D eigenvalue weighted by molar-refractivity contribution is -0.117. The minimum atomic E-state index is -0.364. The van der Waals surface area contributed by atoms with Crippen molar-refractivity contribution in [1.82, 2.24) is 31.8 Å². The number of rotatable bonds is 7. The van der Waals surface area contributed by atoms with Gasteiger partial charge in [0.25, 0.3) is 5.91 Å². The van der Waals surface area contributed by atoms with Gasteiger partial charge in [0.15, 0.2) is 5.84 Å². The smallest absolute Gasteiger partial charge is 0.270 e. The van der Waals surface area contributed by atoms with Gasteiger partial charge in [0.1, 0.15) is 23.6 Å². The molecule has 1 aliphatic carbocycles. The Morgan fingerprint density at radius 3 is 2.89 bits per heavy atom. The number of aromatic nitrogens is 2. The topological polar surface area (TPSA) is 142 Å². The van der Waals surface area contributed by atoms with Gasteiger partial charge in [0.05, 0.1) is 13.0 Å². The van der Waals surface area contributed by atoms with Crippen molar-refractivity contribution < 1.29 is 14.3 Å². The van der Waals surface area contributed by atoms with E-state index in [2.05, 4.69) is 42.2 Å². The maximum Gasteiger partial charge on any atom is 0.270 e. The molecular weight excluding hydrogens is 448 g/mol. The van der Waals surface area contributed by atoms with Gasteiger partial charge in [-0.05, 0) is 47.7 Å². The highest BCUT2D eigenvalue weighted by Gasteiger charge is 2.29. The number of nitrogens with zero attached hydrogens (tertiary/aromatic N) is 3. The summed E-state index contributed by atoms with van der Waals surface area (Å²) in [4.78, 5) is 33.8. The molecule has 0 fully saturated rings. The summed E-state index contributed by atoms with van der Waals surface area (Å²) in [7, 11) is 1.59. The molecule has 0 radical (unpaired) electrons. The Morgan fingerprint density at radius 2 is 2.06 bits per heavy atom. The summed E-state index contributed by atoms with van der Waals surface area (Å²) in [6.45, 7) is 0.316. The van der Waals surface area contributed by atoms with Crippen molar-refractivity contribution in [2.45, 2.75) is 25.3 Å². The zero-order valence-electron chi connectivity index (χ0n) is 19.0. The number of nitrogens with one attached hydrogen (secondary N) is 5. The number of amidine groups is 1. The fourth-order valence-electron chi connectivity index (χ4n) is 4.19. The Kier molecular flexibility index (Phi) is 6.22. The van der Waals surface area contributed by atoms with Crippen molar-refractivity contribution in [3.05, 3.63) is 82.8 Å². The van der Waals surface area contributed by atoms with Gasteiger partial charge in [0, 0.05) is 18.2 Å². The molecule has 2 amide bonds. The molecule has 5 rings (SSSR count). The van der Waals surface area contributed by atoms with Gasteiger partial charge in [-0.1, -0.05) is 24.3 Å². The molecule has 0 saturated heterocycles. The van der Waals surface area contributed by atoms with Crippen molar-refractivity contribution >= 4 is 23.5 Å². The summed E-state index contributed by atoms with van der Waals surface area (Å²) >= 11 is 0. The molecule has 178 valence electrons. The summed E-state index contributed by atoms with van der Waals surface area (Å²) in [5.74, 6) is 0.859. The lowest BCUT2D eigenvalue weighted by Crippen LogP contribution is -2.35. The van der Waals surface area contributed by atoms with E-state index in [0.29, 0.717) is 24.6 Å². The quantitative estimate of drug-likeness (QED) is 0.347. The van der Waals surface area contributed by atoms with Crippen LogP contribution in [0.15, 0.2) is 60.0 Å². The summed E-state index contributed by atoms with van der Waals surface area (Å²) in [6, 6.07) is 14.8. The first kappa shape index (κ1) is 22.3. The number of carbonyl (C=O) groups is 2. The standard InChI is InChI=1S/C24H24N8O3/c1-35-17-4-2-3-14(9-17)12-25-24(34)20-11-21(27-13-26-20)28-23(33)19-8-5-15-10-16(6-7-18(15)19)22-29-31-32-30-22/h2-4,6-7,9-11,13,19,31-32H,5,8,12H2,1H3,(H,25,34)(H,29,30)(H,26,27,28,33)/t19-/m0/s1. The molecule has 0 spiro atoms. The third kappa shape index (κ3) is 4.89. The van der Waals surface area contributed by atoms with Crippen LogP contribution in [-0.4, -0.2) is 34.7 Å². The van der Waals surface area contributed by atoms with E-state index in [4.69, 9.17) is 4.74 Å². The Bertz CT molecular complexity index is 1310. The molecule has 35 heavy (non-hydrogen) atoms. The van der Waals surface area contributed by atoms with Crippen LogP contribution >= 0.6 is 0 Å². The summed E-state index contributed by atoms with van der Waals surface area (Å²) in [6.07, 6.45) is 2.75. The molecule has 0 unspecified atom stereocenters. The largest absolute Gasteiger partial charge is 0.497 e. The highest BCUT2D eigenvalue weighted by molar-refractivity contribution is 6.00. The molecule has 0 saturated carbocycles. The van der Waals surface area contributed by atoms with Crippen molar-refractivity contribution in [2.75, 3.05) is 12.4 Å². The number of aryl methyl sites for hydroxylation is 1. The van der Waals surface area contributed by atoms with E-state index < -0.39 is 0 Å². The molecule has 2 aromatic carbocycles. The maximum absolute atomic E-state index is 13.0. The van der Waals surface area contributed by atoms with Crippen LogP contribution in [0.4, 0.5) is 5.82 Å². The van der Waals surface area contributed by atoms with Crippen molar-refractivity contribution in [2.24, 2.45) is 5.10 Å². The fraction of sp³-hybridized carbons (Fsp3) is 0.208. The van der Waals surface area contributed by atoms with E-state index in [1.807, 2.05) is 42.5 Å². The normalized spacial score (nSPS) is 15.9. The molecule has 1 atom stereocenters. The van der Waals surface area contributed by atoms with E-state index in [1.165, 1.54) is 12.4 Å². The zero-order valence-corrected chi connectivity index (χ0v) is 19.0. The highest BCUT2D eigenvalue weighted by Crippen LogP contribution is 2.34. The number of benzene rings is 2. The van der Waals surface area contributed by atoms with Crippen LogP contribution in [-0.2, 0) is 17.8 Å². The SMILES string of the molecule is COc1cccc(CNC(=O)c2cc(NC(=O)[C@H]3CCc4cc(C5=NNNN5)ccc43)ncn2)c1. The van der Waals surface area contributed by atoms with Crippen molar-refractivity contribution in [3.63, 3.8) is 0 Å². The van der Waals surface area contributed by atoms with Gasteiger partial charge in [-0.15, -0.1) is 10.6 Å². The Hall–Kier alpha value is -4.51. The molecule has 0 bridgehead atoms. The van der Waals surface area contributed by atoms with Gasteiger partial charge < -0.3 is 15.4 Å². The van der Waals surface area contributed by atoms with Crippen LogP contribution < -0.4 is 31.9 Å². The lowest BCUT2D eigenvalue weighted by Gasteiger charge is -2.13. The molecule has 1 aromatic heterocycles. The molecule has 2 heterocycles. The second kappa shape index (κ2) is 9.77. The van der Waals surface area contributed by atoms with Gasteiger partial charge in [-0.25, -0.2) is 15.5 Å². The number of methoxy groups -OCH3 is 1. The van der Waals surface area contributed by atoms with Gasteiger partial charge in [-0.2, -0.15) is 0 Å². The van der Waals surface area contributed by atoms with Crippen LogP contribution in [0, 0.1) is 0 Å². The second-order valence-electron chi connectivity index (χ2n) is 8.14. The van der Waals surface area contributed by atoms with E-state index >= 15 is 0 Å². The van der Waals surface area contributed by atoms with E-state index in [9.17, 15) is 9.59 Å². The lowest BCUT2D eigenvalue weighted by atomic mass is 9.98. The Morgan fingerprint density at radius 1 is 1.14 bits per heavy atom. The monoisotopic (exact) mass is 472 g/mol. The van der Waals surface area contributed by atoms with E-state index in [-0.39, 0.29) is 29.2 Å². The number of amides is 2. The number of fused-ring (bicyclic) bond motifs is 1. The average molecular weight is 473 g/mol. The Labute approximate surface area is 201 Å². The predicted octanol–water partition coefficient (Wildman–Crippen LogP) is 1.36. The van der Waals surface area contributed by atoms with Crippen LogP contribution in [0.5, 0.6) is 5.75 Å². The number of hydrogen-bond donors (Lipinski definition) is 5. The average Bonchev–Trinajstić information content (AvgIpc) is 3.57. The molecule has 2 aliphatic rings. The van der Waals surface area contributed by atoms with Crippen LogP contribution in [0.1, 0.15) is 45.1 Å². The number of hydrazine groups is 2. The summed E-state index contributed by atoms with van der Waals surface area (Å²) in [5, 5.41) is 9.77. The van der Waals surface area contributed by atoms with Crippen molar-refractivity contribution in [1.29, 1.82) is 0 Å². The number of carbonyl (C=O) groups excluding carboxylic acids is 2. The minimum absolute atomic E-state index is 0.168. The molecule has 5 N–H and O–H groups in total. The van der Waals surface area contributed by atoms with Gasteiger partial charge in [-0.3, -0.25) is 15.0 Å². The number of anilines is 1. The molecule has 1 aliphatic heterocycles. The molecular formula is C24H24N8O3. The third-order valence-electron chi connectivity index (χ3n) is 5.95. The van der Waals surface area contributed by atoms with E-state index in [0.717, 1.165) is 28.7 Å². The summed E-state index contributed by atoms with van der Waals surface area (Å²) in [5.41, 5.74) is 12.4. The van der Waals surface area contributed by atoms with Gasteiger partial charge in [0.2, 0.25) is 5.91 Å². The second-order valence-corrected chi connectivity index (χ2v) is 8.14. The molecule has 11 heteroatoms. The maximum atomic E-state index is 13.0. The van der Waals surface area contributed by atoms with Crippen LogP contribution in [0.2, 0.25) is 0 Å². The summed E-state index contributed by atoms with van der Waals surface area (Å²) < 4.78 is 5.21. The van der Waals surface area contributed by atoms with Crippen LogP contribution in [0.3, 0.4) is 0 Å². The number of ether oxygens (including phenoxy) is 1. The first-order valence-corrected chi connectivity index (χ1v) is 11.1. The Balaban J connectivity index is 1.23. The zero-order chi connectivity index (χ0) is 24.2. The van der Waals surface area contributed by atoms with Crippen molar-refractivity contribution in [3.8, 4) is 5.75 Å². The van der Waals surface area contributed by atoms with Gasteiger partial charge >= 0.3 is 0 Å². The number of hydrazone groups is 1. The fourth-order valence-corrected chi connectivity index (χ4v) is 4.19. The third-order valence-corrected chi connectivity index (χ3v) is 5.95.